The third-order valence-electron chi connectivity index (χ3n) is 1.65. The van der Waals surface area contributed by atoms with Gasteiger partial charge >= 0.3 is 0 Å². The minimum absolute atomic E-state index is 0.672. The van der Waals surface area contributed by atoms with Gasteiger partial charge in [0.25, 0.3) is 0 Å². The van der Waals surface area contributed by atoms with E-state index in [0.717, 1.165) is 23.5 Å². The molecule has 0 radical (unpaired) electrons. The van der Waals surface area contributed by atoms with Crippen molar-refractivity contribution in [1.29, 1.82) is 0 Å². The first-order chi connectivity index (χ1) is 6.88. The van der Waals surface area contributed by atoms with Crippen LogP contribution in [0.4, 0.5) is 0 Å². The minimum atomic E-state index is 0.672. The first kappa shape index (κ1) is 11.0. The lowest BCUT2D eigenvalue weighted by Crippen LogP contribution is -1.93. The highest BCUT2D eigenvalue weighted by molar-refractivity contribution is 7.80. The molecule has 0 saturated heterocycles. The van der Waals surface area contributed by atoms with Crippen LogP contribution in [-0.4, -0.2) is 12.4 Å². The molecule has 0 aliphatic carbocycles. The Morgan fingerprint density at radius 1 is 1.36 bits per heavy atom. The molecule has 1 aromatic rings. The molecule has 0 atom stereocenters. The summed E-state index contributed by atoms with van der Waals surface area (Å²) in [6, 6.07) is 7.83. The van der Waals surface area contributed by atoms with Gasteiger partial charge in [0.2, 0.25) is 0 Å². The summed E-state index contributed by atoms with van der Waals surface area (Å²) in [5.41, 5.74) is 0.955. The third-order valence-corrected chi connectivity index (χ3v) is 1.87. The van der Waals surface area contributed by atoms with Crippen molar-refractivity contribution >= 4 is 12.6 Å². The highest BCUT2D eigenvalue weighted by Gasteiger charge is 1.97. The van der Waals surface area contributed by atoms with Crippen molar-refractivity contribution in [1.82, 2.24) is 0 Å². The number of para-hydroxylation sites is 1. The molecular formula is C12H14OS. The Labute approximate surface area is 90.9 Å². The molecule has 0 heterocycles. The van der Waals surface area contributed by atoms with Crippen LogP contribution in [-0.2, 0) is 0 Å². The van der Waals surface area contributed by atoms with Gasteiger partial charge in [0, 0.05) is 12.2 Å². The lowest BCUT2D eigenvalue weighted by Gasteiger charge is -2.04. The van der Waals surface area contributed by atoms with E-state index in [0.29, 0.717) is 6.61 Å². The summed E-state index contributed by atoms with van der Waals surface area (Å²) < 4.78 is 5.45. The van der Waals surface area contributed by atoms with Gasteiger partial charge in [-0.15, -0.1) is 0 Å². The summed E-state index contributed by atoms with van der Waals surface area (Å²) in [4.78, 5) is 0. The van der Waals surface area contributed by atoms with Crippen LogP contribution in [0.2, 0.25) is 0 Å². The molecule has 0 fully saturated rings. The number of thiol groups is 1. The fraction of sp³-hybridized carbons (Fsp3) is 0.333. The molecule has 0 saturated carbocycles. The van der Waals surface area contributed by atoms with E-state index in [1.807, 2.05) is 31.2 Å². The van der Waals surface area contributed by atoms with Crippen LogP contribution in [0.15, 0.2) is 24.3 Å². The summed E-state index contributed by atoms with van der Waals surface area (Å²) in [5, 5.41) is 0. The highest BCUT2D eigenvalue weighted by Crippen LogP contribution is 2.16. The Hall–Kier alpha value is -1.07. The van der Waals surface area contributed by atoms with E-state index < -0.39 is 0 Å². The zero-order valence-corrected chi connectivity index (χ0v) is 9.18. The number of ether oxygens (including phenoxy) is 1. The average molecular weight is 206 g/mol. The molecule has 0 aromatic heterocycles. The molecule has 0 N–H and O–H groups in total. The van der Waals surface area contributed by atoms with Crippen molar-refractivity contribution in [3.05, 3.63) is 29.8 Å². The Morgan fingerprint density at radius 2 is 2.14 bits per heavy atom. The fourth-order valence-electron chi connectivity index (χ4n) is 1.06. The molecule has 0 aliphatic rings. The Morgan fingerprint density at radius 3 is 2.86 bits per heavy atom. The number of hydrogen-bond acceptors (Lipinski definition) is 2. The first-order valence-corrected chi connectivity index (χ1v) is 5.33. The quantitative estimate of drug-likeness (QED) is 0.591. The maximum Gasteiger partial charge on any atom is 0.134 e. The van der Waals surface area contributed by atoms with Gasteiger partial charge in [-0.3, -0.25) is 0 Å². The van der Waals surface area contributed by atoms with E-state index in [2.05, 4.69) is 24.5 Å². The van der Waals surface area contributed by atoms with E-state index in [4.69, 9.17) is 4.74 Å². The van der Waals surface area contributed by atoms with Crippen molar-refractivity contribution in [2.75, 3.05) is 12.4 Å². The van der Waals surface area contributed by atoms with Gasteiger partial charge in [0.15, 0.2) is 0 Å². The monoisotopic (exact) mass is 206 g/mol. The smallest absolute Gasteiger partial charge is 0.134 e. The second kappa shape index (κ2) is 6.39. The molecule has 0 spiro atoms. The maximum absolute atomic E-state index is 5.45. The van der Waals surface area contributed by atoms with Gasteiger partial charge in [0.1, 0.15) is 5.75 Å². The Balaban J connectivity index is 2.80. The van der Waals surface area contributed by atoms with Crippen LogP contribution < -0.4 is 4.74 Å². The van der Waals surface area contributed by atoms with Crippen LogP contribution in [0.5, 0.6) is 5.75 Å². The third kappa shape index (κ3) is 3.35. The predicted molar refractivity (Wildman–Crippen MR) is 63.0 cm³/mol. The molecule has 0 unspecified atom stereocenters. The molecular weight excluding hydrogens is 192 g/mol. The van der Waals surface area contributed by atoms with Crippen molar-refractivity contribution < 1.29 is 4.74 Å². The van der Waals surface area contributed by atoms with Gasteiger partial charge in [-0.1, -0.05) is 24.0 Å². The Bertz CT molecular complexity index is 336. The van der Waals surface area contributed by atoms with Gasteiger partial charge in [0.05, 0.1) is 12.2 Å². The molecule has 1 aromatic carbocycles. The molecule has 1 rings (SSSR count). The van der Waals surface area contributed by atoms with Crippen LogP contribution in [0.25, 0.3) is 0 Å². The minimum Gasteiger partial charge on any atom is -0.493 e. The van der Waals surface area contributed by atoms with Gasteiger partial charge in [-0.05, 0) is 19.1 Å². The van der Waals surface area contributed by atoms with E-state index in [1.54, 1.807) is 0 Å². The first-order valence-electron chi connectivity index (χ1n) is 4.70. The zero-order chi connectivity index (χ0) is 10.2. The standard InChI is InChI=1S/C12H14OS/c1-2-13-12-9-4-3-7-11(12)8-5-6-10-14/h3-4,7,9,14H,2,6,10H2,1H3. The second-order valence-corrected chi connectivity index (χ2v) is 3.15. The summed E-state index contributed by atoms with van der Waals surface area (Å²) in [7, 11) is 0. The van der Waals surface area contributed by atoms with Crippen molar-refractivity contribution in [2.24, 2.45) is 0 Å². The van der Waals surface area contributed by atoms with Gasteiger partial charge in [-0.25, -0.2) is 0 Å². The molecule has 74 valence electrons. The van der Waals surface area contributed by atoms with E-state index in [-0.39, 0.29) is 0 Å². The van der Waals surface area contributed by atoms with Crippen LogP contribution in [0, 0.1) is 11.8 Å². The zero-order valence-electron chi connectivity index (χ0n) is 8.29. The van der Waals surface area contributed by atoms with Crippen LogP contribution in [0.1, 0.15) is 18.9 Å². The Kier molecular flexibility index (Phi) is 5.03. The van der Waals surface area contributed by atoms with E-state index >= 15 is 0 Å². The number of hydrogen-bond donors (Lipinski definition) is 1. The molecule has 14 heavy (non-hydrogen) atoms. The molecule has 2 heteroatoms. The lowest BCUT2D eigenvalue weighted by molar-refractivity contribution is 0.339. The number of rotatable bonds is 3. The van der Waals surface area contributed by atoms with Gasteiger partial charge < -0.3 is 4.74 Å². The van der Waals surface area contributed by atoms with E-state index in [9.17, 15) is 0 Å². The highest BCUT2D eigenvalue weighted by atomic mass is 32.1. The van der Waals surface area contributed by atoms with E-state index in [1.165, 1.54) is 0 Å². The molecule has 0 bridgehead atoms. The van der Waals surface area contributed by atoms with Crippen molar-refractivity contribution in [3.63, 3.8) is 0 Å². The van der Waals surface area contributed by atoms with Crippen molar-refractivity contribution in [2.45, 2.75) is 13.3 Å². The SMILES string of the molecule is CCOc1ccccc1C#CCCS. The normalized spacial score (nSPS) is 9.00. The lowest BCUT2D eigenvalue weighted by atomic mass is 10.2. The van der Waals surface area contributed by atoms with Crippen molar-refractivity contribution in [3.8, 4) is 17.6 Å². The maximum atomic E-state index is 5.45. The summed E-state index contributed by atoms with van der Waals surface area (Å²) in [6.07, 6.45) is 0.809. The largest absolute Gasteiger partial charge is 0.493 e. The summed E-state index contributed by atoms with van der Waals surface area (Å²) in [5.74, 6) is 7.78. The summed E-state index contributed by atoms with van der Waals surface area (Å²) >= 11 is 4.10. The van der Waals surface area contributed by atoms with Crippen LogP contribution >= 0.6 is 12.6 Å². The molecule has 0 aliphatic heterocycles. The topological polar surface area (TPSA) is 9.23 Å². The molecule has 0 amide bonds. The average Bonchev–Trinajstić information content (AvgIpc) is 2.21. The predicted octanol–water partition coefficient (Wildman–Crippen LogP) is 2.76. The summed E-state index contributed by atoms with van der Waals surface area (Å²) in [6.45, 7) is 2.64. The number of benzene rings is 1. The molecule has 1 nitrogen and oxygen atoms in total. The second-order valence-electron chi connectivity index (χ2n) is 2.70. The van der Waals surface area contributed by atoms with Gasteiger partial charge in [-0.2, -0.15) is 12.6 Å². The fourth-order valence-corrected chi connectivity index (χ4v) is 1.18. The van der Waals surface area contributed by atoms with Crippen LogP contribution in [0.3, 0.4) is 0 Å².